The number of carbonyl (C=O) groups excluding carboxylic acids is 2. The minimum atomic E-state index is -0.631. The maximum Gasteiger partial charge on any atom is 0.407 e. The van der Waals surface area contributed by atoms with Crippen LogP contribution in [-0.4, -0.2) is 39.6 Å². The molecule has 134 valence electrons. The van der Waals surface area contributed by atoms with Crippen molar-refractivity contribution in [2.24, 2.45) is 5.92 Å². The summed E-state index contributed by atoms with van der Waals surface area (Å²) in [4.78, 5) is 25.2. The van der Waals surface area contributed by atoms with Crippen LogP contribution in [0, 0.1) is 5.92 Å². The molecule has 0 radical (unpaired) electrons. The Morgan fingerprint density at radius 3 is 2.48 bits per heavy atom. The lowest BCUT2D eigenvalue weighted by Crippen LogP contribution is -2.46. The van der Waals surface area contributed by atoms with Gasteiger partial charge in [0.15, 0.2) is 0 Å². The van der Waals surface area contributed by atoms with Gasteiger partial charge in [-0.15, -0.1) is 0 Å². The Balaban J connectivity index is 1.71. The normalized spacial score (nSPS) is 11.8. The van der Waals surface area contributed by atoms with Crippen LogP contribution in [-0.2, 0) is 22.7 Å². The second-order valence-corrected chi connectivity index (χ2v) is 5.92. The molecule has 1 heterocycles. The molecule has 1 atom stereocenters. The molecule has 2 aromatic rings. The first-order valence-electron chi connectivity index (χ1n) is 8.12. The summed E-state index contributed by atoms with van der Waals surface area (Å²) in [6, 6.07) is 9.20. The van der Waals surface area contributed by atoms with Gasteiger partial charge in [-0.3, -0.25) is 4.79 Å². The molecule has 8 heteroatoms. The van der Waals surface area contributed by atoms with Gasteiger partial charge >= 0.3 is 6.09 Å². The maximum atomic E-state index is 12.0. The fraction of sp³-hybridized carbons (Fsp3) is 0.412. The zero-order valence-electron chi connectivity index (χ0n) is 14.4. The molecule has 1 aromatic carbocycles. The lowest BCUT2D eigenvalue weighted by molar-refractivity contribution is -0.121. The third kappa shape index (κ3) is 6.62. The number of nitrogens with one attached hydrogen (secondary N) is 2. The van der Waals surface area contributed by atoms with E-state index in [2.05, 4.69) is 20.8 Å². The first kappa shape index (κ1) is 18.4. The minimum Gasteiger partial charge on any atom is -0.445 e. The Bertz CT molecular complexity index is 658. The molecule has 0 fully saturated rings. The van der Waals surface area contributed by atoms with Crippen molar-refractivity contribution in [2.45, 2.75) is 33.0 Å². The lowest BCUT2D eigenvalue weighted by atomic mass is 10.0. The molecule has 0 aliphatic heterocycles. The van der Waals surface area contributed by atoms with Crippen molar-refractivity contribution in [2.75, 3.05) is 6.54 Å². The molecule has 2 N–H and O–H groups in total. The number of amides is 2. The van der Waals surface area contributed by atoms with Crippen LogP contribution in [0.2, 0.25) is 0 Å². The van der Waals surface area contributed by atoms with Gasteiger partial charge in [-0.25, -0.2) is 4.79 Å². The highest BCUT2D eigenvalue weighted by Gasteiger charge is 2.18. The van der Waals surface area contributed by atoms with Gasteiger partial charge in [0.2, 0.25) is 5.91 Å². The summed E-state index contributed by atoms with van der Waals surface area (Å²) in [5.74, 6) is -0.0949. The fourth-order valence-electron chi connectivity index (χ4n) is 2.12. The van der Waals surface area contributed by atoms with E-state index >= 15 is 0 Å². The highest BCUT2D eigenvalue weighted by atomic mass is 16.5. The van der Waals surface area contributed by atoms with Crippen molar-refractivity contribution in [3.05, 3.63) is 48.3 Å². The average molecular weight is 345 g/mol. The van der Waals surface area contributed by atoms with Crippen molar-refractivity contribution in [3.63, 3.8) is 0 Å². The molecule has 1 aromatic heterocycles. The first-order valence-corrected chi connectivity index (χ1v) is 8.12. The molecule has 0 saturated heterocycles. The minimum absolute atomic E-state index is 0.137. The number of rotatable bonds is 8. The largest absolute Gasteiger partial charge is 0.445 e. The monoisotopic (exact) mass is 345 g/mol. The molecule has 25 heavy (non-hydrogen) atoms. The Kier molecular flexibility index (Phi) is 6.94. The number of ether oxygens (including phenoxy) is 1. The topological polar surface area (TPSA) is 98.1 Å². The summed E-state index contributed by atoms with van der Waals surface area (Å²) >= 11 is 0. The van der Waals surface area contributed by atoms with Crippen LogP contribution in [0.5, 0.6) is 0 Å². The number of alkyl carbamates (subject to hydrolysis) is 1. The lowest BCUT2D eigenvalue weighted by Gasteiger charge is -2.21. The van der Waals surface area contributed by atoms with Crippen LogP contribution in [0.15, 0.2) is 42.7 Å². The van der Waals surface area contributed by atoms with E-state index in [4.69, 9.17) is 4.74 Å². The summed E-state index contributed by atoms with van der Waals surface area (Å²) < 4.78 is 5.06. The van der Waals surface area contributed by atoms with Crippen LogP contribution in [0.25, 0.3) is 0 Å². The average Bonchev–Trinajstić information content (AvgIpc) is 3.11. The Hall–Kier alpha value is -2.90. The van der Waals surface area contributed by atoms with Crippen LogP contribution in [0.1, 0.15) is 19.4 Å². The molecule has 0 saturated carbocycles. The van der Waals surface area contributed by atoms with Gasteiger partial charge in [-0.2, -0.15) is 15.0 Å². The van der Waals surface area contributed by atoms with E-state index in [0.29, 0.717) is 6.54 Å². The van der Waals surface area contributed by atoms with Crippen molar-refractivity contribution in [1.29, 1.82) is 0 Å². The molecule has 2 amide bonds. The van der Waals surface area contributed by atoms with Gasteiger partial charge in [-0.1, -0.05) is 44.2 Å². The van der Waals surface area contributed by atoms with Gasteiger partial charge in [0.25, 0.3) is 0 Å². The summed E-state index contributed by atoms with van der Waals surface area (Å²) in [6.07, 6.45) is 2.54. The highest BCUT2D eigenvalue weighted by molar-refractivity contribution is 5.82. The van der Waals surface area contributed by atoms with Crippen molar-refractivity contribution >= 4 is 12.0 Å². The first-order chi connectivity index (χ1) is 12.0. The van der Waals surface area contributed by atoms with Crippen LogP contribution in [0.4, 0.5) is 4.79 Å². The predicted octanol–water partition coefficient (Wildman–Crippen LogP) is 1.35. The second-order valence-electron chi connectivity index (χ2n) is 5.92. The van der Waals surface area contributed by atoms with E-state index in [1.54, 1.807) is 12.4 Å². The third-order valence-electron chi connectivity index (χ3n) is 3.58. The van der Waals surface area contributed by atoms with E-state index in [0.717, 1.165) is 5.56 Å². The quantitative estimate of drug-likeness (QED) is 0.752. The smallest absolute Gasteiger partial charge is 0.407 e. The predicted molar refractivity (Wildman–Crippen MR) is 91.4 cm³/mol. The molecule has 2 rings (SSSR count). The van der Waals surface area contributed by atoms with E-state index in [1.165, 1.54) is 4.80 Å². The molecule has 0 bridgehead atoms. The van der Waals surface area contributed by atoms with Crippen molar-refractivity contribution < 1.29 is 14.3 Å². The van der Waals surface area contributed by atoms with Crippen LogP contribution in [0.3, 0.4) is 0 Å². The summed E-state index contributed by atoms with van der Waals surface area (Å²) in [5, 5.41) is 13.4. The highest BCUT2D eigenvalue weighted by Crippen LogP contribution is 2.04. The van der Waals surface area contributed by atoms with E-state index in [1.807, 2.05) is 44.2 Å². The zero-order valence-corrected chi connectivity index (χ0v) is 14.4. The number of hydrogen-bond acceptors (Lipinski definition) is 5. The Morgan fingerprint density at radius 1 is 1.16 bits per heavy atom. The van der Waals surface area contributed by atoms with Crippen LogP contribution < -0.4 is 10.6 Å². The number of carbonyl (C=O) groups is 2. The third-order valence-corrected chi connectivity index (χ3v) is 3.58. The summed E-state index contributed by atoms with van der Waals surface area (Å²) in [6.45, 7) is 4.47. The van der Waals surface area contributed by atoms with E-state index < -0.39 is 6.09 Å². The van der Waals surface area contributed by atoms with Gasteiger partial charge in [0.05, 0.1) is 25.0 Å². The van der Waals surface area contributed by atoms with E-state index in [-0.39, 0.29) is 31.0 Å². The zero-order chi connectivity index (χ0) is 18.1. The number of benzene rings is 1. The van der Waals surface area contributed by atoms with Crippen molar-refractivity contribution in [3.8, 4) is 0 Å². The van der Waals surface area contributed by atoms with Gasteiger partial charge in [-0.05, 0) is 11.5 Å². The second kappa shape index (κ2) is 9.41. The molecular formula is C17H23N5O3. The molecule has 0 aliphatic carbocycles. The fourth-order valence-corrected chi connectivity index (χ4v) is 2.12. The molecule has 8 nitrogen and oxygen atoms in total. The maximum absolute atomic E-state index is 12.0. The van der Waals surface area contributed by atoms with Gasteiger partial charge < -0.3 is 15.4 Å². The Labute approximate surface area is 146 Å². The van der Waals surface area contributed by atoms with Crippen LogP contribution >= 0.6 is 0 Å². The SMILES string of the molecule is CC(C)[C@H](Cn1nccn1)NC(=O)CNC(=O)OCc1ccccc1. The molecule has 0 aliphatic rings. The molecular weight excluding hydrogens is 322 g/mol. The van der Waals surface area contributed by atoms with E-state index in [9.17, 15) is 9.59 Å². The standard InChI is InChI=1S/C17H23N5O3/c1-13(2)15(11-22-19-8-9-20-22)21-16(23)10-18-17(24)25-12-14-6-4-3-5-7-14/h3-9,13,15H,10-12H2,1-2H3,(H,18,24)(H,21,23)/t15-/m0/s1. The number of aromatic nitrogens is 3. The summed E-state index contributed by atoms with van der Waals surface area (Å²) in [7, 11) is 0. The number of hydrogen-bond donors (Lipinski definition) is 2. The number of nitrogens with zero attached hydrogens (tertiary/aromatic N) is 3. The molecule has 0 unspecified atom stereocenters. The van der Waals surface area contributed by atoms with Crippen molar-refractivity contribution in [1.82, 2.24) is 25.6 Å². The summed E-state index contributed by atoms with van der Waals surface area (Å²) in [5.41, 5.74) is 0.883. The molecule has 0 spiro atoms. The van der Waals surface area contributed by atoms with Gasteiger partial charge in [0, 0.05) is 0 Å². The van der Waals surface area contributed by atoms with Gasteiger partial charge in [0.1, 0.15) is 13.2 Å². The Morgan fingerprint density at radius 2 is 1.84 bits per heavy atom.